The van der Waals surface area contributed by atoms with Crippen molar-refractivity contribution in [3.63, 3.8) is 0 Å². The number of hydrogen-bond acceptors (Lipinski definition) is 4. The van der Waals surface area contributed by atoms with Crippen LogP contribution in [0.25, 0.3) is 10.9 Å². The van der Waals surface area contributed by atoms with E-state index in [0.717, 1.165) is 53.9 Å². The van der Waals surface area contributed by atoms with Gasteiger partial charge in [0.05, 0.1) is 17.8 Å². The molecule has 0 radical (unpaired) electrons. The summed E-state index contributed by atoms with van der Waals surface area (Å²) < 4.78 is 21.3. The second kappa shape index (κ2) is 12.2. The van der Waals surface area contributed by atoms with Crippen LogP contribution in [0.5, 0.6) is 0 Å². The van der Waals surface area contributed by atoms with Crippen LogP contribution >= 0.6 is 0 Å². The highest BCUT2D eigenvalue weighted by atomic mass is 19.1. The third kappa shape index (κ3) is 5.91. The smallest absolute Gasteiger partial charge is 0.254 e. The van der Waals surface area contributed by atoms with Crippen LogP contribution in [0.15, 0.2) is 60.7 Å². The maximum absolute atomic E-state index is 13.8. The third-order valence-corrected chi connectivity index (χ3v) is 8.21. The van der Waals surface area contributed by atoms with Crippen LogP contribution in [0.3, 0.4) is 0 Å². The van der Waals surface area contributed by atoms with Gasteiger partial charge in [0.15, 0.2) is 0 Å². The Morgan fingerprint density at radius 2 is 1.73 bits per heavy atom. The fourth-order valence-electron chi connectivity index (χ4n) is 5.62. The molecule has 1 amide bonds. The van der Waals surface area contributed by atoms with Crippen molar-refractivity contribution in [2.24, 2.45) is 0 Å². The molecule has 1 aliphatic heterocycles. The van der Waals surface area contributed by atoms with Crippen molar-refractivity contribution in [1.29, 1.82) is 0 Å². The number of rotatable bonds is 9. The molecule has 0 spiro atoms. The number of nitrogens with one attached hydrogen (secondary N) is 1. The minimum absolute atomic E-state index is 0.0576. The average molecular weight is 543 g/mol. The standard InChI is InChI=1S/C33H39FN4O2/c1-23-18-29(34)11-10-27(23)21-35-31-20-28(33(39)37-14-12-36(13-15-37)16-17-40-4)19-30-24(2)25(3)38(32(30)31)22-26-8-6-5-7-9-26/h5-11,18-20,35H,12-17,21-22H2,1-4H3. The largest absolute Gasteiger partial charge is 0.383 e. The first-order chi connectivity index (χ1) is 19.4. The maximum Gasteiger partial charge on any atom is 0.254 e. The fraction of sp³-hybridized carbons (Fsp3) is 0.364. The summed E-state index contributed by atoms with van der Waals surface area (Å²) in [5.41, 5.74) is 8.17. The Morgan fingerprint density at radius 3 is 2.42 bits per heavy atom. The number of piperazine rings is 1. The molecule has 1 fully saturated rings. The molecule has 1 aromatic heterocycles. The quantitative estimate of drug-likeness (QED) is 0.292. The number of aryl methyl sites for hydroxylation is 2. The van der Waals surface area contributed by atoms with Gasteiger partial charge in [-0.25, -0.2) is 4.39 Å². The Morgan fingerprint density at radius 1 is 0.975 bits per heavy atom. The Bertz CT molecular complexity index is 1490. The molecule has 2 heterocycles. The van der Waals surface area contributed by atoms with Crippen LogP contribution in [0.4, 0.5) is 10.1 Å². The highest BCUT2D eigenvalue weighted by Gasteiger charge is 2.24. The molecule has 0 atom stereocenters. The molecule has 0 aliphatic carbocycles. The topological polar surface area (TPSA) is 49.7 Å². The first-order valence-corrected chi connectivity index (χ1v) is 14.0. The van der Waals surface area contributed by atoms with E-state index in [1.165, 1.54) is 22.9 Å². The van der Waals surface area contributed by atoms with Crippen molar-refractivity contribution in [3.8, 4) is 0 Å². The minimum Gasteiger partial charge on any atom is -0.383 e. The predicted molar refractivity (Wildman–Crippen MR) is 160 cm³/mol. The lowest BCUT2D eigenvalue weighted by molar-refractivity contribution is 0.0594. The summed E-state index contributed by atoms with van der Waals surface area (Å²) in [5, 5.41) is 4.70. The lowest BCUT2D eigenvalue weighted by Crippen LogP contribution is -2.49. The highest BCUT2D eigenvalue weighted by Crippen LogP contribution is 2.34. The molecule has 6 nitrogen and oxygen atoms in total. The highest BCUT2D eigenvalue weighted by molar-refractivity contribution is 6.04. The van der Waals surface area contributed by atoms with Crippen molar-refractivity contribution < 1.29 is 13.9 Å². The van der Waals surface area contributed by atoms with Crippen molar-refractivity contribution in [1.82, 2.24) is 14.4 Å². The first kappa shape index (κ1) is 27.9. The molecule has 0 unspecified atom stereocenters. The van der Waals surface area contributed by atoms with Gasteiger partial charge in [-0.05, 0) is 67.3 Å². The number of carbonyl (C=O) groups is 1. The lowest BCUT2D eigenvalue weighted by Gasteiger charge is -2.34. The summed E-state index contributed by atoms with van der Waals surface area (Å²) in [6.07, 6.45) is 0. The molecule has 0 bridgehead atoms. The molecule has 3 aromatic carbocycles. The molecular weight excluding hydrogens is 503 g/mol. The maximum atomic E-state index is 13.8. The normalized spacial score (nSPS) is 14.2. The average Bonchev–Trinajstić information content (AvgIpc) is 3.20. The number of fused-ring (bicyclic) bond motifs is 1. The number of halogens is 1. The van der Waals surface area contributed by atoms with E-state index in [1.807, 2.05) is 30.0 Å². The Hall–Kier alpha value is -3.68. The summed E-state index contributed by atoms with van der Waals surface area (Å²) in [4.78, 5) is 18.1. The molecule has 7 heteroatoms. The van der Waals surface area contributed by atoms with Gasteiger partial charge in [-0.15, -0.1) is 0 Å². The van der Waals surface area contributed by atoms with E-state index >= 15 is 0 Å². The number of ether oxygens (including phenoxy) is 1. The molecule has 210 valence electrons. The van der Waals surface area contributed by atoms with Gasteiger partial charge in [0.1, 0.15) is 5.82 Å². The third-order valence-electron chi connectivity index (χ3n) is 8.21. The van der Waals surface area contributed by atoms with Crippen LogP contribution in [0, 0.1) is 26.6 Å². The zero-order chi connectivity index (χ0) is 28.2. The second-order valence-corrected chi connectivity index (χ2v) is 10.8. The summed E-state index contributed by atoms with van der Waals surface area (Å²) in [7, 11) is 1.72. The van der Waals surface area contributed by atoms with Gasteiger partial charge in [0.25, 0.3) is 5.91 Å². The summed E-state index contributed by atoms with van der Waals surface area (Å²) in [5.74, 6) is -0.177. The number of hydrogen-bond donors (Lipinski definition) is 1. The summed E-state index contributed by atoms with van der Waals surface area (Å²) >= 11 is 0. The van der Waals surface area contributed by atoms with E-state index in [1.54, 1.807) is 13.2 Å². The Balaban J connectivity index is 1.51. The van der Waals surface area contributed by atoms with Gasteiger partial charge < -0.3 is 19.5 Å². The Labute approximate surface area is 236 Å². The van der Waals surface area contributed by atoms with E-state index < -0.39 is 0 Å². The molecule has 1 N–H and O–H groups in total. The van der Waals surface area contributed by atoms with Gasteiger partial charge >= 0.3 is 0 Å². The first-order valence-electron chi connectivity index (χ1n) is 14.0. The number of aromatic nitrogens is 1. The van der Waals surface area contributed by atoms with Crippen LogP contribution in [-0.2, 0) is 17.8 Å². The minimum atomic E-state index is -0.235. The number of methoxy groups -OCH3 is 1. The van der Waals surface area contributed by atoms with E-state index in [9.17, 15) is 9.18 Å². The van der Waals surface area contributed by atoms with Crippen LogP contribution < -0.4 is 5.32 Å². The molecule has 1 saturated heterocycles. The van der Waals surface area contributed by atoms with Gasteiger partial charge in [0, 0.05) is 69.6 Å². The fourth-order valence-corrected chi connectivity index (χ4v) is 5.62. The van der Waals surface area contributed by atoms with Crippen molar-refractivity contribution in [2.75, 3.05) is 51.8 Å². The van der Waals surface area contributed by atoms with E-state index in [0.29, 0.717) is 31.8 Å². The van der Waals surface area contributed by atoms with Crippen LogP contribution in [-0.4, -0.2) is 66.7 Å². The van der Waals surface area contributed by atoms with Crippen LogP contribution in [0.2, 0.25) is 0 Å². The molecule has 0 saturated carbocycles. The zero-order valence-electron chi connectivity index (χ0n) is 24.0. The molecular formula is C33H39FN4O2. The van der Waals surface area contributed by atoms with Gasteiger partial charge in [0.2, 0.25) is 0 Å². The van der Waals surface area contributed by atoms with E-state index in [2.05, 4.69) is 59.0 Å². The van der Waals surface area contributed by atoms with Crippen molar-refractivity contribution >= 4 is 22.5 Å². The van der Waals surface area contributed by atoms with Gasteiger partial charge in [-0.3, -0.25) is 9.69 Å². The monoisotopic (exact) mass is 542 g/mol. The molecule has 40 heavy (non-hydrogen) atoms. The molecule has 5 rings (SSSR count). The summed E-state index contributed by atoms with van der Waals surface area (Å²) in [6, 6.07) is 19.4. The predicted octanol–water partition coefficient (Wildman–Crippen LogP) is 5.77. The van der Waals surface area contributed by atoms with E-state index in [4.69, 9.17) is 4.74 Å². The second-order valence-electron chi connectivity index (χ2n) is 10.8. The van der Waals surface area contributed by atoms with Crippen LogP contribution in [0.1, 0.15) is 38.3 Å². The number of amides is 1. The van der Waals surface area contributed by atoms with E-state index in [-0.39, 0.29) is 11.7 Å². The Kier molecular flexibility index (Phi) is 8.52. The number of nitrogens with zero attached hydrogens (tertiary/aromatic N) is 3. The molecule has 4 aromatic rings. The number of benzene rings is 3. The van der Waals surface area contributed by atoms with Crippen molar-refractivity contribution in [2.45, 2.75) is 33.9 Å². The SMILES string of the molecule is COCCN1CCN(C(=O)c2cc(NCc3ccc(F)cc3C)c3c(c2)c(C)c(C)n3Cc2ccccc2)CC1. The zero-order valence-corrected chi connectivity index (χ0v) is 24.0. The lowest BCUT2D eigenvalue weighted by atomic mass is 10.0. The number of carbonyl (C=O) groups excluding carboxylic acids is 1. The van der Waals surface area contributed by atoms with Gasteiger partial charge in [-0.2, -0.15) is 0 Å². The summed E-state index contributed by atoms with van der Waals surface area (Å²) in [6.45, 7) is 12.1. The molecule has 1 aliphatic rings. The number of anilines is 1. The van der Waals surface area contributed by atoms with Crippen molar-refractivity contribution in [3.05, 3.63) is 100.0 Å². The van der Waals surface area contributed by atoms with Gasteiger partial charge in [-0.1, -0.05) is 36.4 Å².